The Hall–Kier alpha value is -1.32. The maximum Gasteiger partial charge on any atom is 0.191 e. The first kappa shape index (κ1) is 20.7. The van der Waals surface area contributed by atoms with Crippen molar-refractivity contribution in [3.8, 4) is 5.75 Å². The smallest absolute Gasteiger partial charge is 0.191 e. The Morgan fingerprint density at radius 2 is 2.12 bits per heavy atom. The fourth-order valence-electron chi connectivity index (χ4n) is 2.06. The average molecular weight is 461 g/mol. The number of nitrogens with zero attached hydrogens (tertiary/aromatic N) is 1. The Balaban J connectivity index is 0.00000288. The predicted molar refractivity (Wildman–Crippen MR) is 111 cm³/mol. The highest BCUT2D eigenvalue weighted by Crippen LogP contribution is 2.18. The van der Waals surface area contributed by atoms with E-state index in [-0.39, 0.29) is 24.0 Å². The molecule has 0 aliphatic carbocycles. The Labute approximate surface area is 164 Å². The molecule has 1 aromatic carbocycles. The molecule has 2 aromatic rings. The summed E-state index contributed by atoms with van der Waals surface area (Å²) < 4.78 is 5.18. The lowest BCUT2D eigenvalue weighted by Gasteiger charge is -2.16. The van der Waals surface area contributed by atoms with E-state index >= 15 is 0 Å². The molecule has 5 nitrogen and oxygen atoms in total. The van der Waals surface area contributed by atoms with E-state index in [0.29, 0.717) is 19.0 Å². The van der Waals surface area contributed by atoms with Crippen molar-refractivity contribution in [3.63, 3.8) is 0 Å². The highest BCUT2D eigenvalue weighted by molar-refractivity contribution is 14.0. The molecule has 1 heterocycles. The van der Waals surface area contributed by atoms with Gasteiger partial charge in [0.25, 0.3) is 0 Å². The van der Waals surface area contributed by atoms with Crippen LogP contribution in [0.2, 0.25) is 0 Å². The fraction of sp³-hybridized carbons (Fsp3) is 0.353. The first-order chi connectivity index (χ1) is 11.2. The summed E-state index contributed by atoms with van der Waals surface area (Å²) in [5, 5.41) is 18.7. The van der Waals surface area contributed by atoms with Crippen molar-refractivity contribution in [2.24, 2.45) is 4.99 Å². The van der Waals surface area contributed by atoms with Gasteiger partial charge >= 0.3 is 0 Å². The van der Waals surface area contributed by atoms with E-state index in [1.807, 2.05) is 42.6 Å². The van der Waals surface area contributed by atoms with Gasteiger partial charge in [-0.25, -0.2) is 4.99 Å². The van der Waals surface area contributed by atoms with Crippen molar-refractivity contribution >= 4 is 41.3 Å². The van der Waals surface area contributed by atoms with Crippen molar-refractivity contribution in [1.29, 1.82) is 0 Å². The number of aliphatic imine (C=N–C) groups is 1. The van der Waals surface area contributed by atoms with Crippen molar-refractivity contribution in [3.05, 3.63) is 52.2 Å². The van der Waals surface area contributed by atoms with Crippen LogP contribution in [0.25, 0.3) is 0 Å². The van der Waals surface area contributed by atoms with Crippen molar-refractivity contribution in [2.75, 3.05) is 20.2 Å². The van der Waals surface area contributed by atoms with Crippen LogP contribution >= 0.6 is 35.3 Å². The minimum absolute atomic E-state index is 0. The van der Waals surface area contributed by atoms with Gasteiger partial charge in [0.05, 0.1) is 19.8 Å². The zero-order valence-electron chi connectivity index (χ0n) is 13.9. The lowest BCUT2D eigenvalue weighted by Crippen LogP contribution is -2.39. The zero-order chi connectivity index (χ0) is 16.5. The molecular weight excluding hydrogens is 437 g/mol. The fourth-order valence-corrected chi connectivity index (χ4v) is 2.69. The number of nitrogens with one attached hydrogen (secondary N) is 2. The third-order valence-electron chi connectivity index (χ3n) is 3.26. The molecule has 0 saturated carbocycles. The van der Waals surface area contributed by atoms with E-state index in [2.05, 4.69) is 21.7 Å². The number of rotatable bonds is 7. The molecular formula is C17H24IN3O2S. The predicted octanol–water partition coefficient (Wildman–Crippen LogP) is 3.16. The summed E-state index contributed by atoms with van der Waals surface area (Å²) in [5.74, 6) is 1.43. The summed E-state index contributed by atoms with van der Waals surface area (Å²) >= 11 is 1.68. The maximum absolute atomic E-state index is 10.3. The van der Waals surface area contributed by atoms with E-state index in [1.165, 1.54) is 4.88 Å². The molecule has 3 N–H and O–H groups in total. The van der Waals surface area contributed by atoms with E-state index in [4.69, 9.17) is 4.74 Å². The standard InChI is InChI=1S/C17H23N3O2S.HI/c1-3-18-17(19-11-15-8-5-9-23-15)20-12-16(21)13-6-4-7-14(10-13)22-2;/h4-10,16,21H,3,11-12H2,1-2H3,(H2,18,19,20);1H. The molecule has 0 bridgehead atoms. The lowest BCUT2D eigenvalue weighted by molar-refractivity contribution is 0.180. The van der Waals surface area contributed by atoms with Gasteiger partial charge < -0.3 is 20.5 Å². The third kappa shape index (κ3) is 6.66. The number of hydrogen-bond acceptors (Lipinski definition) is 4. The van der Waals surface area contributed by atoms with Crippen LogP contribution in [-0.2, 0) is 6.54 Å². The number of thiophene rings is 1. The van der Waals surface area contributed by atoms with Crippen LogP contribution in [0, 0.1) is 0 Å². The van der Waals surface area contributed by atoms with Crippen LogP contribution in [0.5, 0.6) is 5.75 Å². The van der Waals surface area contributed by atoms with Crippen LogP contribution in [0.4, 0.5) is 0 Å². The molecule has 0 spiro atoms. The van der Waals surface area contributed by atoms with E-state index in [9.17, 15) is 5.11 Å². The summed E-state index contributed by atoms with van der Waals surface area (Å²) in [6, 6.07) is 11.5. The van der Waals surface area contributed by atoms with Crippen molar-refractivity contribution in [2.45, 2.75) is 19.6 Å². The Bertz CT molecular complexity index is 620. The number of aliphatic hydroxyl groups excluding tert-OH is 1. The SMILES string of the molecule is CCNC(=NCc1cccs1)NCC(O)c1cccc(OC)c1.I. The molecule has 0 radical (unpaired) electrons. The summed E-state index contributed by atoms with van der Waals surface area (Å²) in [6.07, 6.45) is -0.629. The minimum atomic E-state index is -0.629. The molecule has 0 saturated heterocycles. The number of ether oxygens (including phenoxy) is 1. The van der Waals surface area contributed by atoms with Gasteiger partial charge in [-0.2, -0.15) is 0 Å². The minimum Gasteiger partial charge on any atom is -0.497 e. The monoisotopic (exact) mass is 461 g/mol. The highest BCUT2D eigenvalue weighted by Gasteiger charge is 2.09. The van der Waals surface area contributed by atoms with Crippen LogP contribution in [0.15, 0.2) is 46.8 Å². The number of guanidine groups is 1. The third-order valence-corrected chi connectivity index (χ3v) is 4.12. The largest absolute Gasteiger partial charge is 0.497 e. The molecule has 1 atom stereocenters. The second-order valence-electron chi connectivity index (χ2n) is 4.95. The Morgan fingerprint density at radius 1 is 1.29 bits per heavy atom. The van der Waals surface area contributed by atoms with Gasteiger partial charge in [0.15, 0.2) is 5.96 Å². The molecule has 0 fully saturated rings. The second-order valence-corrected chi connectivity index (χ2v) is 5.98. The number of methoxy groups -OCH3 is 1. The summed E-state index contributed by atoms with van der Waals surface area (Å²) in [6.45, 7) is 3.79. The Kier molecular flexibility index (Phi) is 9.73. The van der Waals surface area contributed by atoms with Gasteiger partial charge in [-0.1, -0.05) is 18.2 Å². The second kappa shape index (κ2) is 11.3. The molecule has 24 heavy (non-hydrogen) atoms. The Morgan fingerprint density at radius 3 is 2.79 bits per heavy atom. The van der Waals surface area contributed by atoms with Gasteiger partial charge in [0, 0.05) is 18.0 Å². The van der Waals surface area contributed by atoms with Gasteiger partial charge in [-0.15, -0.1) is 35.3 Å². The van der Waals surface area contributed by atoms with E-state index in [0.717, 1.165) is 17.9 Å². The number of benzene rings is 1. The molecule has 1 aromatic heterocycles. The maximum atomic E-state index is 10.3. The molecule has 0 aliphatic heterocycles. The highest BCUT2D eigenvalue weighted by atomic mass is 127. The van der Waals surface area contributed by atoms with Crippen LogP contribution in [0.1, 0.15) is 23.5 Å². The zero-order valence-corrected chi connectivity index (χ0v) is 17.0. The summed E-state index contributed by atoms with van der Waals surface area (Å²) in [4.78, 5) is 5.73. The summed E-state index contributed by atoms with van der Waals surface area (Å²) in [7, 11) is 1.62. The van der Waals surface area contributed by atoms with Crippen molar-refractivity contribution < 1.29 is 9.84 Å². The molecule has 2 rings (SSSR count). The van der Waals surface area contributed by atoms with Crippen LogP contribution in [0.3, 0.4) is 0 Å². The van der Waals surface area contributed by atoms with Crippen molar-refractivity contribution in [1.82, 2.24) is 10.6 Å². The van der Waals surface area contributed by atoms with Gasteiger partial charge in [-0.3, -0.25) is 0 Å². The lowest BCUT2D eigenvalue weighted by atomic mass is 10.1. The first-order valence-corrected chi connectivity index (χ1v) is 8.47. The quantitative estimate of drug-likeness (QED) is 0.337. The van der Waals surface area contributed by atoms with Gasteiger partial charge in [-0.05, 0) is 36.1 Å². The number of aliphatic hydroxyl groups is 1. The van der Waals surface area contributed by atoms with Crippen LogP contribution < -0.4 is 15.4 Å². The molecule has 1 unspecified atom stereocenters. The number of halogens is 1. The molecule has 0 aliphatic rings. The summed E-state index contributed by atoms with van der Waals surface area (Å²) in [5.41, 5.74) is 0.811. The molecule has 0 amide bonds. The molecule has 7 heteroatoms. The van der Waals surface area contributed by atoms with Gasteiger partial charge in [0.2, 0.25) is 0 Å². The average Bonchev–Trinajstić information content (AvgIpc) is 3.10. The topological polar surface area (TPSA) is 65.9 Å². The van der Waals surface area contributed by atoms with Gasteiger partial charge in [0.1, 0.15) is 5.75 Å². The first-order valence-electron chi connectivity index (χ1n) is 7.59. The normalized spacial score (nSPS) is 12.2. The van der Waals surface area contributed by atoms with E-state index < -0.39 is 6.10 Å². The van der Waals surface area contributed by atoms with E-state index in [1.54, 1.807) is 18.4 Å². The number of hydrogen-bond donors (Lipinski definition) is 3. The van der Waals surface area contributed by atoms with Crippen LogP contribution in [-0.4, -0.2) is 31.3 Å². The molecule has 132 valence electrons.